The zero-order valence-corrected chi connectivity index (χ0v) is 13.2. The van der Waals surface area contributed by atoms with Gasteiger partial charge in [0.1, 0.15) is 5.75 Å². The van der Waals surface area contributed by atoms with E-state index in [4.69, 9.17) is 0 Å². The molecule has 0 radical (unpaired) electrons. The summed E-state index contributed by atoms with van der Waals surface area (Å²) in [6.07, 6.45) is 1.98. The number of thioether (sulfide) groups is 1. The summed E-state index contributed by atoms with van der Waals surface area (Å²) in [5.74, 6) is -0.326. The van der Waals surface area contributed by atoms with Gasteiger partial charge in [-0.05, 0) is 65.2 Å². The van der Waals surface area contributed by atoms with E-state index in [9.17, 15) is 9.90 Å². The number of halogens is 1. The summed E-state index contributed by atoms with van der Waals surface area (Å²) >= 11 is 3.71. The van der Waals surface area contributed by atoms with Gasteiger partial charge in [-0.3, -0.25) is 4.79 Å². The lowest BCUT2D eigenvalue weighted by molar-refractivity contribution is 0.102. The number of carbonyl (C=O) groups is 1. The molecule has 0 aromatic heterocycles. The van der Waals surface area contributed by atoms with E-state index in [0.29, 0.717) is 0 Å². The summed E-state index contributed by atoms with van der Waals surface area (Å²) in [6.45, 7) is 0. The highest BCUT2D eigenvalue weighted by Gasteiger charge is 2.11. The van der Waals surface area contributed by atoms with E-state index in [1.807, 2.05) is 30.5 Å². The molecule has 0 aliphatic heterocycles. The molecule has 0 fully saturated rings. The van der Waals surface area contributed by atoms with Gasteiger partial charge in [-0.25, -0.2) is 0 Å². The molecule has 2 aromatic carbocycles. The van der Waals surface area contributed by atoms with Crippen LogP contribution < -0.4 is 5.32 Å². The fourth-order valence-electron chi connectivity index (χ4n) is 1.59. The van der Waals surface area contributed by atoms with Gasteiger partial charge >= 0.3 is 0 Å². The van der Waals surface area contributed by atoms with Gasteiger partial charge in [-0.15, -0.1) is 11.8 Å². The zero-order valence-electron chi connectivity index (χ0n) is 10.2. The number of benzene rings is 2. The van der Waals surface area contributed by atoms with Crippen LogP contribution in [0.15, 0.2) is 47.4 Å². The number of nitrogens with one attached hydrogen (secondary N) is 1. The van der Waals surface area contributed by atoms with Crippen LogP contribution in [0.4, 0.5) is 5.69 Å². The minimum atomic E-state index is -0.311. The van der Waals surface area contributed by atoms with Crippen molar-refractivity contribution in [3.63, 3.8) is 0 Å². The molecular weight excluding hydrogens is 373 g/mol. The molecule has 0 aliphatic rings. The van der Waals surface area contributed by atoms with Crippen LogP contribution in [0, 0.1) is 3.57 Å². The zero-order chi connectivity index (χ0) is 13.8. The Morgan fingerprint density at radius 3 is 2.79 bits per heavy atom. The Balaban J connectivity index is 2.23. The fourth-order valence-corrected chi connectivity index (χ4v) is 2.54. The van der Waals surface area contributed by atoms with Gasteiger partial charge in [-0.2, -0.15) is 0 Å². The van der Waals surface area contributed by atoms with Crippen LogP contribution in [0.1, 0.15) is 10.4 Å². The summed E-state index contributed by atoms with van der Waals surface area (Å²) in [5, 5.41) is 12.5. The van der Waals surface area contributed by atoms with Crippen LogP contribution in [0.3, 0.4) is 0 Å². The van der Waals surface area contributed by atoms with Crippen molar-refractivity contribution in [3.05, 3.63) is 51.6 Å². The highest BCUT2D eigenvalue weighted by atomic mass is 127. The lowest BCUT2D eigenvalue weighted by Crippen LogP contribution is -2.12. The van der Waals surface area contributed by atoms with E-state index in [0.717, 1.165) is 14.2 Å². The van der Waals surface area contributed by atoms with Gasteiger partial charge in [0, 0.05) is 14.2 Å². The van der Waals surface area contributed by atoms with Gasteiger partial charge in [0.2, 0.25) is 0 Å². The van der Waals surface area contributed by atoms with Crippen LogP contribution in [0.2, 0.25) is 0 Å². The molecule has 19 heavy (non-hydrogen) atoms. The van der Waals surface area contributed by atoms with Gasteiger partial charge in [-0.1, -0.05) is 6.07 Å². The molecule has 0 heterocycles. The maximum atomic E-state index is 12.1. The molecule has 0 spiro atoms. The third-order valence-corrected chi connectivity index (χ3v) is 3.93. The second-order valence-electron chi connectivity index (χ2n) is 3.85. The summed E-state index contributed by atoms with van der Waals surface area (Å²) in [4.78, 5) is 13.2. The van der Waals surface area contributed by atoms with Crippen molar-refractivity contribution in [1.82, 2.24) is 0 Å². The van der Waals surface area contributed by atoms with E-state index in [2.05, 4.69) is 27.9 Å². The Kier molecular flexibility index (Phi) is 4.71. The number of phenols is 1. The average Bonchev–Trinajstić information content (AvgIpc) is 2.41. The van der Waals surface area contributed by atoms with Gasteiger partial charge in [0.05, 0.1) is 5.56 Å². The number of rotatable bonds is 3. The number of phenolic OH excluding ortho intramolecular Hbond substituents is 1. The van der Waals surface area contributed by atoms with Crippen molar-refractivity contribution in [3.8, 4) is 5.75 Å². The molecule has 0 bridgehead atoms. The Morgan fingerprint density at radius 1 is 1.26 bits per heavy atom. The van der Waals surface area contributed by atoms with E-state index in [-0.39, 0.29) is 17.2 Å². The number of anilines is 1. The topological polar surface area (TPSA) is 49.3 Å². The SMILES string of the molecule is CSc1cccc(NC(=O)c2cc(I)ccc2O)c1. The first-order chi connectivity index (χ1) is 9.10. The molecule has 0 unspecified atom stereocenters. The Hall–Kier alpha value is -1.21. The Labute approximate surface area is 129 Å². The maximum absolute atomic E-state index is 12.1. The summed E-state index contributed by atoms with van der Waals surface area (Å²) in [6, 6.07) is 12.5. The molecule has 0 saturated carbocycles. The molecule has 0 saturated heterocycles. The molecule has 2 N–H and O–H groups in total. The molecule has 3 nitrogen and oxygen atoms in total. The van der Waals surface area contributed by atoms with Crippen LogP contribution in [0.25, 0.3) is 0 Å². The molecule has 5 heteroatoms. The first-order valence-corrected chi connectivity index (χ1v) is 7.84. The van der Waals surface area contributed by atoms with Crippen molar-refractivity contribution < 1.29 is 9.90 Å². The third kappa shape index (κ3) is 3.63. The van der Waals surface area contributed by atoms with Crippen LogP contribution >= 0.6 is 34.4 Å². The summed E-state index contributed by atoms with van der Waals surface area (Å²) < 4.78 is 0.901. The highest BCUT2D eigenvalue weighted by Crippen LogP contribution is 2.23. The molecule has 0 atom stereocenters. The maximum Gasteiger partial charge on any atom is 0.259 e. The van der Waals surface area contributed by atoms with Gasteiger partial charge < -0.3 is 10.4 Å². The van der Waals surface area contributed by atoms with Crippen molar-refractivity contribution in [1.29, 1.82) is 0 Å². The normalized spacial score (nSPS) is 10.2. The number of carbonyl (C=O) groups excluding carboxylic acids is 1. The standard InChI is InChI=1S/C14H12INO2S/c1-19-11-4-2-3-10(8-11)16-14(18)12-7-9(15)5-6-13(12)17/h2-8,17H,1H3,(H,16,18). The van der Waals surface area contributed by atoms with Crippen molar-refractivity contribution in [2.24, 2.45) is 0 Å². The van der Waals surface area contributed by atoms with Crippen molar-refractivity contribution >= 4 is 45.9 Å². The number of aromatic hydroxyl groups is 1. The smallest absolute Gasteiger partial charge is 0.259 e. The number of hydrogen-bond acceptors (Lipinski definition) is 3. The predicted molar refractivity (Wildman–Crippen MR) is 87.0 cm³/mol. The van der Waals surface area contributed by atoms with E-state index >= 15 is 0 Å². The van der Waals surface area contributed by atoms with Crippen LogP contribution in [-0.2, 0) is 0 Å². The molecule has 2 aromatic rings. The quantitative estimate of drug-likeness (QED) is 0.621. The second-order valence-corrected chi connectivity index (χ2v) is 5.97. The Bertz CT molecular complexity index is 616. The summed E-state index contributed by atoms with van der Waals surface area (Å²) in [5.41, 5.74) is 0.997. The molecule has 98 valence electrons. The summed E-state index contributed by atoms with van der Waals surface area (Å²) in [7, 11) is 0. The lowest BCUT2D eigenvalue weighted by Gasteiger charge is -2.08. The van der Waals surface area contributed by atoms with Crippen LogP contribution in [0.5, 0.6) is 5.75 Å². The largest absolute Gasteiger partial charge is 0.507 e. The predicted octanol–water partition coefficient (Wildman–Crippen LogP) is 3.97. The van der Waals surface area contributed by atoms with E-state index in [1.54, 1.807) is 23.9 Å². The fraction of sp³-hybridized carbons (Fsp3) is 0.0714. The lowest BCUT2D eigenvalue weighted by atomic mass is 10.2. The van der Waals surface area contributed by atoms with Crippen molar-refractivity contribution in [2.45, 2.75) is 4.90 Å². The molecule has 0 aliphatic carbocycles. The minimum absolute atomic E-state index is 0.0149. The Morgan fingerprint density at radius 2 is 2.05 bits per heavy atom. The molecule has 1 amide bonds. The minimum Gasteiger partial charge on any atom is -0.507 e. The average molecular weight is 385 g/mol. The first kappa shape index (κ1) is 14.2. The van der Waals surface area contributed by atoms with Gasteiger partial charge in [0.15, 0.2) is 0 Å². The van der Waals surface area contributed by atoms with E-state index < -0.39 is 0 Å². The van der Waals surface area contributed by atoms with Crippen LogP contribution in [-0.4, -0.2) is 17.3 Å². The highest BCUT2D eigenvalue weighted by molar-refractivity contribution is 14.1. The second kappa shape index (κ2) is 6.29. The first-order valence-electron chi connectivity index (χ1n) is 5.54. The molecule has 2 rings (SSSR count). The number of hydrogen-bond donors (Lipinski definition) is 2. The van der Waals surface area contributed by atoms with Crippen molar-refractivity contribution in [2.75, 3.05) is 11.6 Å². The molecular formula is C14H12INO2S. The van der Waals surface area contributed by atoms with Gasteiger partial charge in [0.25, 0.3) is 5.91 Å². The monoisotopic (exact) mass is 385 g/mol. The van der Waals surface area contributed by atoms with E-state index in [1.165, 1.54) is 6.07 Å². The third-order valence-electron chi connectivity index (χ3n) is 2.53. The number of amides is 1.